The molecule has 23 heavy (non-hydrogen) atoms. The van der Waals surface area contributed by atoms with E-state index < -0.39 is 0 Å². The molecule has 1 aromatic carbocycles. The fourth-order valence-electron chi connectivity index (χ4n) is 2.65. The summed E-state index contributed by atoms with van der Waals surface area (Å²) >= 11 is 1.49. The zero-order valence-electron chi connectivity index (χ0n) is 12.4. The molecule has 114 valence electrons. The van der Waals surface area contributed by atoms with E-state index in [1.165, 1.54) is 11.3 Å². The van der Waals surface area contributed by atoms with Crippen molar-refractivity contribution in [2.75, 3.05) is 0 Å². The van der Waals surface area contributed by atoms with Gasteiger partial charge in [0, 0.05) is 6.20 Å². The van der Waals surface area contributed by atoms with Crippen molar-refractivity contribution in [3.63, 3.8) is 0 Å². The summed E-state index contributed by atoms with van der Waals surface area (Å²) in [6.45, 7) is 1.90. The summed E-state index contributed by atoms with van der Waals surface area (Å²) in [5.74, 6) is 0. The van der Waals surface area contributed by atoms with E-state index in [2.05, 4.69) is 15.0 Å². The van der Waals surface area contributed by atoms with Crippen molar-refractivity contribution in [1.82, 2.24) is 15.0 Å². The summed E-state index contributed by atoms with van der Waals surface area (Å²) in [5, 5.41) is 14.4. The predicted octanol–water partition coefficient (Wildman–Crippen LogP) is 4.08. The summed E-state index contributed by atoms with van der Waals surface area (Å²) in [5.41, 5.74) is 3.95. The van der Waals surface area contributed by atoms with Gasteiger partial charge in [-0.05, 0) is 17.5 Å². The van der Waals surface area contributed by atoms with E-state index in [1.54, 1.807) is 12.4 Å². The predicted molar refractivity (Wildman–Crippen MR) is 90.8 cm³/mol. The number of rotatable bonds is 3. The van der Waals surface area contributed by atoms with Crippen LogP contribution in [0.5, 0.6) is 0 Å². The summed E-state index contributed by atoms with van der Waals surface area (Å²) in [7, 11) is 0. The number of pyridine rings is 1. The van der Waals surface area contributed by atoms with Gasteiger partial charge in [0.1, 0.15) is 5.38 Å². The number of aliphatic hydroxyl groups is 1. The molecule has 1 N–H and O–H groups in total. The fraction of sp³-hybridized carbons (Fsp3) is 0.0556. The van der Waals surface area contributed by atoms with Crippen LogP contribution in [0.1, 0.15) is 17.0 Å². The third kappa shape index (κ3) is 2.40. The number of hydrogen-bond acceptors (Lipinski definition) is 4. The Hall–Kier alpha value is -2.63. The molecular formula is C18H13N3OS-2. The van der Waals surface area contributed by atoms with Crippen molar-refractivity contribution in [2.24, 2.45) is 0 Å². The minimum Gasteiger partial charge on any atom is -0.460 e. The highest BCUT2D eigenvalue weighted by atomic mass is 32.1. The molecule has 0 amide bonds. The quantitative estimate of drug-likeness (QED) is 0.456. The van der Waals surface area contributed by atoms with Crippen molar-refractivity contribution in [1.29, 1.82) is 0 Å². The second-order valence-electron chi connectivity index (χ2n) is 5.22. The van der Waals surface area contributed by atoms with Crippen LogP contribution in [0.4, 0.5) is 0 Å². The molecule has 4 nitrogen and oxygen atoms in total. The standard InChI is InChI=1S/C18H13N3OS/c1-11-16(13-6-2-3-7-14(13)20-11)17(22)15-10-23-18(21-15)12-5-4-8-19-9-12/h2-10,22H,1H3/q-2. The average molecular weight is 319 g/mol. The second kappa shape index (κ2) is 5.53. The molecule has 0 fully saturated rings. The van der Waals surface area contributed by atoms with Gasteiger partial charge < -0.3 is 15.1 Å². The highest BCUT2D eigenvalue weighted by Gasteiger charge is 2.11. The first-order chi connectivity index (χ1) is 11.2. The van der Waals surface area contributed by atoms with Crippen LogP contribution in [0.15, 0.2) is 54.2 Å². The Morgan fingerprint density at radius 3 is 2.83 bits per heavy atom. The van der Waals surface area contributed by atoms with Crippen LogP contribution in [0.2, 0.25) is 0 Å². The smallest absolute Gasteiger partial charge is 0.249 e. The number of para-hydroxylation sites is 1. The van der Waals surface area contributed by atoms with E-state index >= 15 is 0 Å². The van der Waals surface area contributed by atoms with E-state index in [4.69, 9.17) is 0 Å². The zero-order chi connectivity index (χ0) is 15.8. The Morgan fingerprint density at radius 2 is 2.00 bits per heavy atom. The van der Waals surface area contributed by atoms with E-state index in [0.29, 0.717) is 5.69 Å². The number of thiazole rings is 1. The third-order valence-electron chi connectivity index (χ3n) is 3.72. The lowest BCUT2D eigenvalue weighted by molar-refractivity contribution is 0.353. The van der Waals surface area contributed by atoms with Gasteiger partial charge in [-0.15, -0.1) is 23.9 Å². The largest absolute Gasteiger partial charge is 0.460 e. The van der Waals surface area contributed by atoms with E-state index in [0.717, 1.165) is 32.7 Å². The first-order valence-electron chi connectivity index (χ1n) is 7.18. The maximum Gasteiger partial charge on any atom is 0.249 e. The van der Waals surface area contributed by atoms with Crippen molar-refractivity contribution >= 4 is 22.2 Å². The van der Waals surface area contributed by atoms with Crippen molar-refractivity contribution < 1.29 is 5.11 Å². The van der Waals surface area contributed by atoms with E-state index in [9.17, 15) is 5.11 Å². The lowest BCUT2D eigenvalue weighted by Gasteiger charge is -2.26. The normalized spacial score (nSPS) is 11.0. The van der Waals surface area contributed by atoms with Gasteiger partial charge in [-0.2, -0.15) is 11.6 Å². The summed E-state index contributed by atoms with van der Waals surface area (Å²) < 4.78 is 0. The molecule has 4 rings (SSSR count). The minimum absolute atomic E-state index is 0.169. The SMILES string of the molecule is C[c-]1nc2ccccc2c1[C-](O)c1c[s+][c-](-c2cccnc2)n1. The first kappa shape index (κ1) is 14.0. The fourth-order valence-corrected chi connectivity index (χ4v) is 3.44. The van der Waals surface area contributed by atoms with Crippen LogP contribution in [0.3, 0.4) is 0 Å². The Balaban J connectivity index is 1.76. The number of benzene rings is 1. The Bertz CT molecular complexity index is 959. The topological polar surface area (TPSA) is 58.9 Å². The van der Waals surface area contributed by atoms with Crippen molar-refractivity contribution in [2.45, 2.75) is 6.92 Å². The van der Waals surface area contributed by atoms with Gasteiger partial charge in [-0.25, -0.2) is 10.9 Å². The van der Waals surface area contributed by atoms with Crippen LogP contribution < -0.4 is 0 Å². The molecule has 0 saturated heterocycles. The number of fused-ring (bicyclic) bond motifs is 1. The van der Waals surface area contributed by atoms with Gasteiger partial charge in [-0.3, -0.25) is 4.98 Å². The maximum absolute atomic E-state index is 10.7. The molecule has 0 radical (unpaired) electrons. The van der Waals surface area contributed by atoms with Crippen LogP contribution in [-0.2, 0) is 0 Å². The summed E-state index contributed by atoms with van der Waals surface area (Å²) in [6, 6.07) is 11.6. The molecule has 0 saturated carbocycles. The van der Waals surface area contributed by atoms with Crippen molar-refractivity contribution in [3.05, 3.63) is 77.2 Å². The van der Waals surface area contributed by atoms with Gasteiger partial charge in [-0.1, -0.05) is 25.1 Å². The molecule has 3 heterocycles. The molecule has 3 aromatic heterocycles. The molecule has 0 aliphatic heterocycles. The van der Waals surface area contributed by atoms with Gasteiger partial charge in [0.15, 0.2) is 11.3 Å². The zero-order valence-corrected chi connectivity index (χ0v) is 13.2. The first-order valence-corrected chi connectivity index (χ1v) is 8.06. The minimum atomic E-state index is 0.169. The average Bonchev–Trinajstić information content (AvgIpc) is 3.19. The maximum atomic E-state index is 10.7. The molecule has 0 spiro atoms. The molecule has 0 atom stereocenters. The van der Waals surface area contributed by atoms with Crippen LogP contribution in [0.25, 0.3) is 21.5 Å². The van der Waals surface area contributed by atoms with Gasteiger partial charge in [0.05, 0.1) is 0 Å². The molecule has 0 unspecified atom stereocenters. The van der Waals surface area contributed by atoms with Gasteiger partial charge in [0.25, 0.3) is 0 Å². The summed E-state index contributed by atoms with van der Waals surface area (Å²) in [6.07, 6.45) is 3.67. The van der Waals surface area contributed by atoms with Crippen LogP contribution in [-0.4, -0.2) is 20.1 Å². The second-order valence-corrected chi connectivity index (χ2v) is 6.08. The summed E-state index contributed by atoms with van der Waals surface area (Å²) in [4.78, 5) is 13.2. The Kier molecular flexibility index (Phi) is 3.37. The van der Waals surface area contributed by atoms with Crippen molar-refractivity contribution in [3.8, 4) is 10.6 Å². The highest BCUT2D eigenvalue weighted by molar-refractivity contribution is 7.13. The van der Waals surface area contributed by atoms with Gasteiger partial charge >= 0.3 is 0 Å². The van der Waals surface area contributed by atoms with E-state index in [1.807, 2.05) is 48.7 Å². The Labute approximate surface area is 137 Å². The number of aromatic nitrogens is 3. The third-order valence-corrected chi connectivity index (χ3v) is 4.61. The van der Waals surface area contributed by atoms with E-state index in [-0.39, 0.29) is 6.10 Å². The molecule has 4 aromatic rings. The highest BCUT2D eigenvalue weighted by Crippen LogP contribution is 2.33. The van der Waals surface area contributed by atoms with Crippen LogP contribution >= 0.6 is 11.3 Å². The number of aryl methyl sites for hydroxylation is 1. The number of nitrogens with zero attached hydrogens (tertiary/aromatic N) is 3. The molecule has 5 heteroatoms. The Morgan fingerprint density at radius 1 is 1.13 bits per heavy atom. The van der Waals surface area contributed by atoms with Gasteiger partial charge in [0.2, 0.25) is 5.01 Å². The lowest BCUT2D eigenvalue weighted by Crippen LogP contribution is -2.02. The number of hydrogen-bond donors (Lipinski definition) is 1. The molecule has 0 aliphatic carbocycles. The molecule has 0 aliphatic rings. The lowest BCUT2D eigenvalue weighted by atomic mass is 10.0. The molecule has 0 bridgehead atoms. The van der Waals surface area contributed by atoms with Crippen LogP contribution in [0, 0.1) is 13.0 Å². The monoisotopic (exact) mass is 319 g/mol. The molecular weight excluding hydrogens is 306 g/mol. The number of aliphatic hydroxyl groups excluding tert-OH is 1.